The maximum absolute atomic E-state index is 12.3. The Hall–Kier alpha value is -2.86. The molecule has 6 heteroatoms. The van der Waals surface area contributed by atoms with Crippen molar-refractivity contribution in [3.63, 3.8) is 0 Å². The van der Waals surface area contributed by atoms with E-state index in [1.165, 1.54) is 6.26 Å². The van der Waals surface area contributed by atoms with Crippen LogP contribution in [0.3, 0.4) is 0 Å². The van der Waals surface area contributed by atoms with Gasteiger partial charge < -0.3 is 20.0 Å². The van der Waals surface area contributed by atoms with Crippen LogP contribution >= 0.6 is 0 Å². The highest BCUT2D eigenvalue weighted by Gasteiger charge is 2.11. The first-order valence-corrected chi connectivity index (χ1v) is 8.25. The second-order valence-electron chi connectivity index (χ2n) is 6.23. The van der Waals surface area contributed by atoms with E-state index in [-0.39, 0.29) is 12.5 Å². The number of carbonyl (C=O) groups excluding carboxylic acids is 1. The summed E-state index contributed by atoms with van der Waals surface area (Å²) in [6, 6.07) is 9.44. The Morgan fingerprint density at radius 1 is 1.36 bits per heavy atom. The van der Waals surface area contributed by atoms with E-state index in [9.17, 15) is 4.79 Å². The zero-order valence-corrected chi connectivity index (χ0v) is 14.4. The summed E-state index contributed by atoms with van der Waals surface area (Å²) in [5, 5.41) is 2.89. The van der Waals surface area contributed by atoms with Crippen LogP contribution < -0.4 is 11.1 Å². The highest BCUT2D eigenvalue weighted by Crippen LogP contribution is 2.17. The van der Waals surface area contributed by atoms with Crippen molar-refractivity contribution >= 4 is 11.6 Å². The van der Waals surface area contributed by atoms with Gasteiger partial charge in [-0.2, -0.15) is 0 Å². The largest absolute Gasteiger partial charge is 0.467 e. The normalized spacial score (nSPS) is 11.0. The van der Waals surface area contributed by atoms with Crippen molar-refractivity contribution < 1.29 is 9.21 Å². The summed E-state index contributed by atoms with van der Waals surface area (Å²) in [6.45, 7) is 5.22. The lowest BCUT2D eigenvalue weighted by Crippen LogP contribution is -2.11. The lowest BCUT2D eigenvalue weighted by atomic mass is 10.1. The molecule has 0 aliphatic rings. The van der Waals surface area contributed by atoms with Crippen LogP contribution in [0.1, 0.15) is 47.3 Å². The highest BCUT2D eigenvalue weighted by atomic mass is 16.3. The maximum Gasteiger partial charge on any atom is 0.258 e. The van der Waals surface area contributed by atoms with Crippen LogP contribution in [0.25, 0.3) is 0 Å². The molecule has 0 saturated carbocycles. The summed E-state index contributed by atoms with van der Waals surface area (Å²) in [4.78, 5) is 16.7. The van der Waals surface area contributed by atoms with E-state index in [0.29, 0.717) is 23.8 Å². The molecule has 2 heterocycles. The molecule has 0 aliphatic carbocycles. The average Bonchev–Trinajstić information content (AvgIpc) is 3.24. The number of furan rings is 1. The fourth-order valence-electron chi connectivity index (χ4n) is 2.71. The van der Waals surface area contributed by atoms with Crippen LogP contribution in [0.2, 0.25) is 0 Å². The van der Waals surface area contributed by atoms with Crippen LogP contribution in [0.15, 0.2) is 53.4 Å². The predicted molar refractivity (Wildman–Crippen MR) is 96.4 cm³/mol. The van der Waals surface area contributed by atoms with Crippen LogP contribution in [0.5, 0.6) is 0 Å². The molecule has 0 spiro atoms. The Bertz CT molecular complexity index is 864. The van der Waals surface area contributed by atoms with Crippen LogP contribution in [-0.4, -0.2) is 15.5 Å². The van der Waals surface area contributed by atoms with Gasteiger partial charge in [-0.1, -0.05) is 26.0 Å². The van der Waals surface area contributed by atoms with Gasteiger partial charge >= 0.3 is 0 Å². The van der Waals surface area contributed by atoms with Crippen molar-refractivity contribution in [3.8, 4) is 0 Å². The van der Waals surface area contributed by atoms with Gasteiger partial charge in [-0.15, -0.1) is 0 Å². The number of nitrogens with two attached hydrogens (primary N) is 1. The van der Waals surface area contributed by atoms with Gasteiger partial charge in [0.15, 0.2) is 0 Å². The summed E-state index contributed by atoms with van der Waals surface area (Å²) in [5.41, 5.74) is 7.79. The topological polar surface area (TPSA) is 86.1 Å². The van der Waals surface area contributed by atoms with E-state index in [4.69, 9.17) is 10.2 Å². The molecule has 0 bridgehead atoms. The van der Waals surface area contributed by atoms with E-state index in [1.807, 2.05) is 36.7 Å². The SMILES string of the molecule is CC(C)c1nccn1Cc1cccc(NC(=O)c2coc(CN)c2)c1. The summed E-state index contributed by atoms with van der Waals surface area (Å²) in [5.74, 6) is 1.77. The zero-order valence-electron chi connectivity index (χ0n) is 14.4. The van der Waals surface area contributed by atoms with E-state index >= 15 is 0 Å². The van der Waals surface area contributed by atoms with Gasteiger partial charge in [0.05, 0.1) is 12.1 Å². The quantitative estimate of drug-likeness (QED) is 0.721. The Kier molecular flexibility index (Phi) is 5.00. The first-order chi connectivity index (χ1) is 12.1. The molecule has 25 heavy (non-hydrogen) atoms. The van der Waals surface area contributed by atoms with E-state index in [1.54, 1.807) is 6.07 Å². The van der Waals surface area contributed by atoms with Gasteiger partial charge in [-0.3, -0.25) is 4.79 Å². The summed E-state index contributed by atoms with van der Waals surface area (Å²) in [7, 11) is 0. The molecule has 0 unspecified atom stereocenters. The minimum Gasteiger partial charge on any atom is -0.467 e. The van der Waals surface area contributed by atoms with Crippen LogP contribution in [0, 0.1) is 0 Å². The van der Waals surface area contributed by atoms with E-state index < -0.39 is 0 Å². The van der Waals surface area contributed by atoms with Gasteiger partial charge in [0.2, 0.25) is 0 Å². The van der Waals surface area contributed by atoms with Crippen LogP contribution in [0.4, 0.5) is 5.69 Å². The Balaban J connectivity index is 1.73. The van der Waals surface area contributed by atoms with Crippen molar-refractivity contribution in [3.05, 3.63) is 71.7 Å². The van der Waals surface area contributed by atoms with Crippen molar-refractivity contribution in [1.29, 1.82) is 0 Å². The summed E-state index contributed by atoms with van der Waals surface area (Å²) < 4.78 is 7.33. The Morgan fingerprint density at radius 3 is 2.92 bits per heavy atom. The van der Waals surface area contributed by atoms with Gasteiger partial charge in [0, 0.05) is 30.5 Å². The number of hydrogen-bond acceptors (Lipinski definition) is 4. The number of nitrogens with one attached hydrogen (secondary N) is 1. The molecular formula is C19H22N4O2. The number of nitrogens with zero attached hydrogens (tertiary/aromatic N) is 2. The van der Waals surface area contributed by atoms with Crippen molar-refractivity contribution in [2.24, 2.45) is 5.73 Å². The highest BCUT2D eigenvalue weighted by molar-refractivity contribution is 6.04. The summed E-state index contributed by atoms with van der Waals surface area (Å²) >= 11 is 0. The molecule has 2 aromatic heterocycles. The minimum atomic E-state index is -0.217. The number of carbonyl (C=O) groups is 1. The number of rotatable bonds is 6. The molecule has 1 amide bonds. The lowest BCUT2D eigenvalue weighted by Gasteiger charge is -2.11. The number of amides is 1. The zero-order chi connectivity index (χ0) is 17.8. The van der Waals surface area contributed by atoms with Gasteiger partial charge in [0.1, 0.15) is 17.8 Å². The van der Waals surface area contributed by atoms with Gasteiger partial charge in [0.25, 0.3) is 5.91 Å². The second-order valence-corrected chi connectivity index (χ2v) is 6.23. The fourth-order valence-corrected chi connectivity index (χ4v) is 2.71. The molecule has 0 radical (unpaired) electrons. The van der Waals surface area contributed by atoms with Crippen molar-refractivity contribution in [2.45, 2.75) is 32.9 Å². The van der Waals surface area contributed by atoms with Crippen LogP contribution in [-0.2, 0) is 13.1 Å². The average molecular weight is 338 g/mol. The predicted octanol–water partition coefficient (Wildman–Crippen LogP) is 3.36. The Labute approximate surface area is 146 Å². The third-order valence-electron chi connectivity index (χ3n) is 3.92. The first kappa shape index (κ1) is 17.0. The maximum atomic E-state index is 12.3. The number of aromatic nitrogens is 2. The fraction of sp³-hybridized carbons (Fsp3) is 0.263. The number of anilines is 1. The Morgan fingerprint density at radius 2 is 2.20 bits per heavy atom. The molecule has 130 valence electrons. The number of benzene rings is 1. The van der Waals surface area contributed by atoms with E-state index in [2.05, 4.69) is 28.7 Å². The van der Waals surface area contributed by atoms with Gasteiger partial charge in [-0.05, 0) is 23.8 Å². The third-order valence-corrected chi connectivity index (χ3v) is 3.92. The van der Waals surface area contributed by atoms with Crippen molar-refractivity contribution in [2.75, 3.05) is 5.32 Å². The molecule has 0 aliphatic heterocycles. The molecule has 6 nitrogen and oxygen atoms in total. The molecular weight excluding hydrogens is 316 g/mol. The molecule has 3 rings (SSSR count). The number of hydrogen-bond donors (Lipinski definition) is 2. The molecule has 0 saturated heterocycles. The monoisotopic (exact) mass is 338 g/mol. The molecule has 0 atom stereocenters. The molecule has 0 fully saturated rings. The third kappa shape index (κ3) is 3.97. The minimum absolute atomic E-state index is 0.217. The standard InChI is InChI=1S/C19H22N4O2/c1-13(2)18-21-6-7-23(18)11-14-4-3-5-16(8-14)22-19(24)15-9-17(10-20)25-12-15/h3-9,12-13H,10-11,20H2,1-2H3,(H,22,24). The molecule has 3 N–H and O–H groups in total. The molecule has 3 aromatic rings. The van der Waals surface area contributed by atoms with E-state index in [0.717, 1.165) is 17.1 Å². The second kappa shape index (κ2) is 7.36. The first-order valence-electron chi connectivity index (χ1n) is 8.25. The summed E-state index contributed by atoms with van der Waals surface area (Å²) in [6.07, 6.45) is 5.21. The lowest BCUT2D eigenvalue weighted by molar-refractivity contribution is 0.102. The smallest absolute Gasteiger partial charge is 0.258 e. The number of imidazole rings is 1. The van der Waals surface area contributed by atoms with Crippen molar-refractivity contribution in [1.82, 2.24) is 9.55 Å². The van der Waals surface area contributed by atoms with Gasteiger partial charge in [-0.25, -0.2) is 4.98 Å². The molecule has 1 aromatic carbocycles.